The summed E-state index contributed by atoms with van der Waals surface area (Å²) in [6.45, 7) is 0. The molecule has 3 aromatic rings. The number of carbonyl (C=O) groups excluding carboxylic acids is 2. The van der Waals surface area contributed by atoms with Crippen LogP contribution in [0.4, 0.5) is 5.69 Å². The lowest BCUT2D eigenvalue weighted by Gasteiger charge is -1.99. The molecule has 26 heavy (non-hydrogen) atoms. The SMILES string of the molecule is COC(=O)c1cn(C(=O)/C=C/c2cccc([N+](=O)[O-])c2)c2ccccc12. The Morgan fingerprint density at radius 3 is 2.65 bits per heavy atom. The van der Waals surface area contributed by atoms with Crippen LogP contribution in [0.15, 0.2) is 60.8 Å². The summed E-state index contributed by atoms with van der Waals surface area (Å²) in [6.07, 6.45) is 4.21. The molecule has 0 spiro atoms. The second-order valence-corrected chi connectivity index (χ2v) is 5.45. The fourth-order valence-corrected chi connectivity index (χ4v) is 2.62. The molecule has 0 amide bonds. The van der Waals surface area contributed by atoms with E-state index in [-0.39, 0.29) is 11.6 Å². The normalized spacial score (nSPS) is 11.0. The molecule has 0 aliphatic heterocycles. The lowest BCUT2D eigenvalue weighted by molar-refractivity contribution is -0.384. The van der Waals surface area contributed by atoms with Crippen LogP contribution in [-0.2, 0) is 4.74 Å². The Bertz CT molecular complexity index is 1050. The zero-order valence-electron chi connectivity index (χ0n) is 13.8. The first-order chi connectivity index (χ1) is 12.5. The maximum atomic E-state index is 12.6. The average molecular weight is 350 g/mol. The molecule has 2 aromatic carbocycles. The van der Waals surface area contributed by atoms with Crippen LogP contribution in [0.25, 0.3) is 17.0 Å². The van der Waals surface area contributed by atoms with Gasteiger partial charge in [0.25, 0.3) is 11.6 Å². The van der Waals surface area contributed by atoms with E-state index >= 15 is 0 Å². The lowest BCUT2D eigenvalue weighted by atomic mass is 10.2. The van der Waals surface area contributed by atoms with E-state index in [4.69, 9.17) is 4.74 Å². The van der Waals surface area contributed by atoms with Crippen molar-refractivity contribution in [3.05, 3.63) is 82.0 Å². The quantitative estimate of drug-likeness (QED) is 0.310. The van der Waals surface area contributed by atoms with E-state index in [0.717, 1.165) is 0 Å². The van der Waals surface area contributed by atoms with Crippen molar-refractivity contribution in [3.8, 4) is 0 Å². The molecule has 0 aliphatic carbocycles. The molecular weight excluding hydrogens is 336 g/mol. The van der Waals surface area contributed by atoms with Crippen molar-refractivity contribution < 1.29 is 19.2 Å². The molecule has 130 valence electrons. The van der Waals surface area contributed by atoms with E-state index in [2.05, 4.69) is 0 Å². The molecule has 0 bridgehead atoms. The van der Waals surface area contributed by atoms with Crippen molar-refractivity contribution in [2.45, 2.75) is 0 Å². The molecule has 3 rings (SSSR count). The van der Waals surface area contributed by atoms with Gasteiger partial charge in [0, 0.05) is 29.8 Å². The van der Waals surface area contributed by atoms with Gasteiger partial charge in [0.05, 0.1) is 23.1 Å². The highest BCUT2D eigenvalue weighted by molar-refractivity contribution is 6.09. The predicted octanol–water partition coefficient (Wildman–Crippen LogP) is 3.69. The summed E-state index contributed by atoms with van der Waals surface area (Å²) in [5.74, 6) is -0.918. The van der Waals surface area contributed by atoms with E-state index in [1.54, 1.807) is 36.4 Å². The lowest BCUT2D eigenvalue weighted by Crippen LogP contribution is -2.06. The number of carbonyl (C=O) groups is 2. The minimum atomic E-state index is -0.532. The number of non-ortho nitro benzene ring substituents is 1. The first kappa shape index (κ1) is 17.1. The summed E-state index contributed by atoms with van der Waals surface area (Å²) in [5.41, 5.74) is 1.33. The fraction of sp³-hybridized carbons (Fsp3) is 0.0526. The van der Waals surface area contributed by atoms with Crippen LogP contribution in [0.5, 0.6) is 0 Å². The standard InChI is InChI=1S/C19H14N2O5/c1-26-19(23)16-12-20(17-8-3-2-7-15(16)17)18(22)10-9-13-5-4-6-14(11-13)21(24)25/h2-12H,1H3/b10-9+. The summed E-state index contributed by atoms with van der Waals surface area (Å²) in [6, 6.07) is 12.9. The number of nitro benzene ring substituents is 1. The van der Waals surface area contributed by atoms with Crippen molar-refractivity contribution in [3.63, 3.8) is 0 Å². The second-order valence-electron chi connectivity index (χ2n) is 5.45. The monoisotopic (exact) mass is 350 g/mol. The average Bonchev–Trinajstić information content (AvgIpc) is 3.05. The number of benzene rings is 2. The van der Waals surface area contributed by atoms with E-state index in [1.165, 1.54) is 42.2 Å². The topological polar surface area (TPSA) is 91.4 Å². The first-order valence-electron chi connectivity index (χ1n) is 7.66. The largest absolute Gasteiger partial charge is 0.465 e. The van der Waals surface area contributed by atoms with Gasteiger partial charge in [0.1, 0.15) is 0 Å². The Labute approximate surface area is 148 Å². The van der Waals surface area contributed by atoms with E-state index < -0.39 is 10.9 Å². The molecule has 0 N–H and O–H groups in total. The fourth-order valence-electron chi connectivity index (χ4n) is 2.62. The van der Waals surface area contributed by atoms with Crippen molar-refractivity contribution in [2.24, 2.45) is 0 Å². The number of hydrogen-bond donors (Lipinski definition) is 0. The molecule has 0 fully saturated rings. The number of esters is 1. The van der Waals surface area contributed by atoms with Crippen molar-refractivity contribution in [2.75, 3.05) is 7.11 Å². The van der Waals surface area contributed by atoms with Crippen molar-refractivity contribution >= 4 is 34.5 Å². The van der Waals surface area contributed by atoms with Crippen LogP contribution in [0.2, 0.25) is 0 Å². The van der Waals surface area contributed by atoms with Gasteiger partial charge in [-0.15, -0.1) is 0 Å². The third-order valence-electron chi connectivity index (χ3n) is 3.85. The predicted molar refractivity (Wildman–Crippen MR) is 96.0 cm³/mol. The minimum Gasteiger partial charge on any atom is -0.465 e. The minimum absolute atomic E-state index is 0.0565. The number of rotatable bonds is 4. The zero-order valence-corrected chi connectivity index (χ0v) is 13.8. The number of ether oxygens (including phenoxy) is 1. The zero-order chi connectivity index (χ0) is 18.7. The number of allylic oxidation sites excluding steroid dienone is 1. The molecule has 0 saturated heterocycles. The van der Waals surface area contributed by atoms with Crippen LogP contribution < -0.4 is 0 Å². The highest BCUT2D eigenvalue weighted by atomic mass is 16.6. The van der Waals surface area contributed by atoms with Crippen LogP contribution in [0.3, 0.4) is 0 Å². The van der Waals surface area contributed by atoms with Crippen molar-refractivity contribution in [1.82, 2.24) is 4.57 Å². The Morgan fingerprint density at radius 1 is 1.15 bits per heavy atom. The van der Waals surface area contributed by atoms with Crippen LogP contribution in [0, 0.1) is 10.1 Å². The maximum Gasteiger partial charge on any atom is 0.340 e. The molecule has 1 heterocycles. The summed E-state index contributed by atoms with van der Waals surface area (Å²) in [4.78, 5) is 34.8. The molecule has 0 aliphatic rings. The van der Waals surface area contributed by atoms with E-state index in [9.17, 15) is 19.7 Å². The molecule has 7 heteroatoms. The van der Waals surface area contributed by atoms with Gasteiger partial charge >= 0.3 is 5.97 Å². The highest BCUT2D eigenvalue weighted by Gasteiger charge is 2.17. The van der Waals surface area contributed by atoms with E-state index in [0.29, 0.717) is 22.0 Å². The van der Waals surface area contributed by atoms with Crippen LogP contribution in [0.1, 0.15) is 20.7 Å². The number of nitrogens with zero attached hydrogens (tertiary/aromatic N) is 2. The van der Waals surface area contributed by atoms with Gasteiger partial charge < -0.3 is 4.74 Å². The molecule has 0 saturated carbocycles. The number of nitro groups is 1. The van der Waals surface area contributed by atoms with Gasteiger partial charge in [-0.2, -0.15) is 0 Å². The number of aromatic nitrogens is 1. The smallest absolute Gasteiger partial charge is 0.340 e. The molecule has 1 aromatic heterocycles. The molecule has 0 unspecified atom stereocenters. The summed E-state index contributed by atoms with van der Waals surface area (Å²) in [5, 5.41) is 11.4. The Morgan fingerprint density at radius 2 is 1.92 bits per heavy atom. The summed E-state index contributed by atoms with van der Waals surface area (Å²) >= 11 is 0. The van der Waals surface area contributed by atoms with E-state index in [1.807, 2.05) is 0 Å². The van der Waals surface area contributed by atoms with Gasteiger partial charge in [-0.25, -0.2) is 4.79 Å². The van der Waals surface area contributed by atoms with Gasteiger partial charge in [0.2, 0.25) is 0 Å². The van der Waals surface area contributed by atoms with Crippen LogP contribution >= 0.6 is 0 Å². The molecule has 0 atom stereocenters. The highest BCUT2D eigenvalue weighted by Crippen LogP contribution is 2.22. The number of fused-ring (bicyclic) bond motifs is 1. The first-order valence-corrected chi connectivity index (χ1v) is 7.66. The summed E-state index contributed by atoms with van der Waals surface area (Å²) in [7, 11) is 1.28. The van der Waals surface area contributed by atoms with Crippen molar-refractivity contribution in [1.29, 1.82) is 0 Å². The third kappa shape index (κ3) is 3.23. The van der Waals surface area contributed by atoms with Crippen LogP contribution in [-0.4, -0.2) is 28.5 Å². The number of para-hydroxylation sites is 1. The second kappa shape index (κ2) is 7.02. The Hall–Kier alpha value is -3.74. The van der Waals surface area contributed by atoms with Gasteiger partial charge in [-0.3, -0.25) is 19.5 Å². The maximum absolute atomic E-state index is 12.6. The summed E-state index contributed by atoms with van der Waals surface area (Å²) < 4.78 is 6.10. The van der Waals surface area contributed by atoms with Gasteiger partial charge in [0.15, 0.2) is 0 Å². The molecule has 7 nitrogen and oxygen atoms in total. The number of hydrogen-bond acceptors (Lipinski definition) is 5. The number of methoxy groups -OCH3 is 1. The molecular formula is C19H14N2O5. The third-order valence-corrected chi connectivity index (χ3v) is 3.85. The van der Waals surface area contributed by atoms with Gasteiger partial charge in [-0.1, -0.05) is 30.3 Å². The van der Waals surface area contributed by atoms with Gasteiger partial charge in [-0.05, 0) is 17.7 Å². The Balaban J connectivity index is 1.97. The molecule has 0 radical (unpaired) electrons. The Kier molecular flexibility index (Phi) is 4.62.